The zero-order valence-corrected chi connectivity index (χ0v) is 12.9. The van der Waals surface area contributed by atoms with Crippen molar-refractivity contribution in [2.45, 2.75) is 33.7 Å². The number of ether oxygens (including phenoxy) is 1. The van der Waals surface area contributed by atoms with E-state index in [1.54, 1.807) is 0 Å². The van der Waals surface area contributed by atoms with Gasteiger partial charge in [0.2, 0.25) is 5.95 Å². The second kappa shape index (κ2) is 7.55. The lowest BCUT2D eigenvalue weighted by molar-refractivity contribution is 0.152. The van der Waals surface area contributed by atoms with E-state index in [4.69, 9.17) is 4.74 Å². The Morgan fingerprint density at radius 1 is 1.35 bits per heavy atom. The molecule has 112 valence electrons. The van der Waals surface area contributed by atoms with Crippen molar-refractivity contribution in [1.29, 1.82) is 0 Å². The van der Waals surface area contributed by atoms with Crippen molar-refractivity contribution in [3.8, 4) is 0 Å². The molecule has 0 atom stereocenters. The molecular weight excluding hydrogens is 252 g/mol. The van der Waals surface area contributed by atoms with Crippen molar-refractivity contribution < 1.29 is 4.74 Å². The van der Waals surface area contributed by atoms with E-state index < -0.39 is 0 Å². The van der Waals surface area contributed by atoms with Crippen molar-refractivity contribution >= 4 is 5.95 Å². The van der Waals surface area contributed by atoms with E-state index in [1.165, 1.54) is 5.56 Å². The van der Waals surface area contributed by atoms with Gasteiger partial charge in [0, 0.05) is 43.7 Å². The average Bonchev–Trinajstić information content (AvgIpc) is 2.69. The van der Waals surface area contributed by atoms with Crippen LogP contribution in [0.15, 0.2) is 6.20 Å². The number of aromatic nitrogens is 2. The van der Waals surface area contributed by atoms with Crippen LogP contribution in [0.5, 0.6) is 0 Å². The molecule has 1 aliphatic rings. The second-order valence-electron chi connectivity index (χ2n) is 5.76. The molecule has 1 aliphatic heterocycles. The summed E-state index contributed by atoms with van der Waals surface area (Å²) in [5.41, 5.74) is 2.25. The fourth-order valence-electron chi connectivity index (χ4n) is 2.25. The maximum absolute atomic E-state index is 5.47. The number of aryl methyl sites for hydroxylation is 1. The minimum atomic E-state index is 0.660. The Kier molecular flexibility index (Phi) is 5.73. The third-order valence-corrected chi connectivity index (χ3v) is 3.44. The van der Waals surface area contributed by atoms with Gasteiger partial charge in [0.1, 0.15) is 0 Å². The lowest BCUT2D eigenvalue weighted by Crippen LogP contribution is -2.28. The Labute approximate surface area is 121 Å². The predicted octanol–water partition coefficient (Wildman–Crippen LogP) is 1.76. The number of nitrogens with zero attached hydrogens (tertiary/aromatic N) is 3. The first-order valence-corrected chi connectivity index (χ1v) is 7.52. The number of hydrogen-bond acceptors (Lipinski definition) is 5. The molecule has 0 aromatic carbocycles. The van der Waals surface area contributed by atoms with Crippen LogP contribution in [0.25, 0.3) is 0 Å². The van der Waals surface area contributed by atoms with Crippen LogP contribution >= 0.6 is 0 Å². The van der Waals surface area contributed by atoms with Gasteiger partial charge in [0.15, 0.2) is 0 Å². The Bertz CT molecular complexity index is 414. The minimum Gasteiger partial charge on any atom is -0.380 e. The number of rotatable bonds is 5. The zero-order valence-electron chi connectivity index (χ0n) is 12.9. The first-order chi connectivity index (χ1) is 9.66. The van der Waals surface area contributed by atoms with E-state index in [1.807, 2.05) is 6.20 Å². The van der Waals surface area contributed by atoms with E-state index in [-0.39, 0.29) is 0 Å². The summed E-state index contributed by atoms with van der Waals surface area (Å²) in [6, 6.07) is 0. The van der Waals surface area contributed by atoms with Crippen LogP contribution in [-0.2, 0) is 11.3 Å². The van der Waals surface area contributed by atoms with Gasteiger partial charge in [0.25, 0.3) is 0 Å². The molecule has 1 aromatic heterocycles. The molecule has 1 saturated heterocycles. The van der Waals surface area contributed by atoms with Gasteiger partial charge in [-0.3, -0.25) is 0 Å². The van der Waals surface area contributed by atoms with E-state index >= 15 is 0 Å². The topological polar surface area (TPSA) is 50.3 Å². The third kappa shape index (κ3) is 4.42. The SMILES string of the molecule is Cc1nc(N2CCCOCC2)ncc1CNCC(C)C. The Balaban J connectivity index is 1.97. The molecule has 0 spiro atoms. The maximum Gasteiger partial charge on any atom is 0.225 e. The van der Waals surface area contributed by atoms with Crippen molar-refractivity contribution in [2.75, 3.05) is 37.7 Å². The Morgan fingerprint density at radius 3 is 2.95 bits per heavy atom. The lowest BCUT2D eigenvalue weighted by atomic mass is 10.2. The standard InChI is InChI=1S/C15H26N4O/c1-12(2)9-16-10-14-11-17-15(18-13(14)3)19-5-4-7-20-8-6-19/h11-12,16H,4-10H2,1-3H3. The summed E-state index contributed by atoms with van der Waals surface area (Å²) in [6.07, 6.45) is 3.00. The summed E-state index contributed by atoms with van der Waals surface area (Å²) in [5, 5.41) is 3.44. The van der Waals surface area contributed by atoms with Crippen LogP contribution in [0.3, 0.4) is 0 Å². The largest absolute Gasteiger partial charge is 0.380 e. The lowest BCUT2D eigenvalue weighted by Gasteiger charge is -2.20. The van der Waals surface area contributed by atoms with Gasteiger partial charge in [-0.15, -0.1) is 0 Å². The summed E-state index contributed by atoms with van der Waals surface area (Å²) in [4.78, 5) is 11.4. The quantitative estimate of drug-likeness (QED) is 0.889. The van der Waals surface area contributed by atoms with Crippen molar-refractivity contribution in [2.24, 2.45) is 5.92 Å². The molecule has 1 aromatic rings. The summed E-state index contributed by atoms with van der Waals surface area (Å²) in [6.45, 7) is 11.8. The maximum atomic E-state index is 5.47. The highest BCUT2D eigenvalue weighted by Gasteiger charge is 2.13. The molecule has 0 bridgehead atoms. The molecule has 2 rings (SSSR count). The molecule has 0 radical (unpaired) electrons. The van der Waals surface area contributed by atoms with Crippen LogP contribution < -0.4 is 10.2 Å². The molecule has 1 fully saturated rings. The summed E-state index contributed by atoms with van der Waals surface area (Å²) >= 11 is 0. The van der Waals surface area contributed by atoms with Gasteiger partial charge in [-0.2, -0.15) is 0 Å². The van der Waals surface area contributed by atoms with E-state index in [9.17, 15) is 0 Å². The van der Waals surface area contributed by atoms with Crippen molar-refractivity contribution in [3.05, 3.63) is 17.5 Å². The minimum absolute atomic E-state index is 0.660. The van der Waals surface area contributed by atoms with E-state index in [0.717, 1.165) is 57.5 Å². The molecule has 1 N–H and O–H groups in total. The normalized spacial score (nSPS) is 16.5. The van der Waals surface area contributed by atoms with Crippen LogP contribution in [0.1, 0.15) is 31.5 Å². The number of nitrogens with one attached hydrogen (secondary N) is 1. The second-order valence-corrected chi connectivity index (χ2v) is 5.76. The molecule has 5 nitrogen and oxygen atoms in total. The summed E-state index contributed by atoms with van der Waals surface area (Å²) < 4.78 is 5.47. The predicted molar refractivity (Wildman–Crippen MR) is 81.0 cm³/mol. The van der Waals surface area contributed by atoms with Gasteiger partial charge in [-0.25, -0.2) is 9.97 Å². The van der Waals surface area contributed by atoms with Crippen LogP contribution in [0.4, 0.5) is 5.95 Å². The van der Waals surface area contributed by atoms with Gasteiger partial charge in [-0.05, 0) is 25.8 Å². The van der Waals surface area contributed by atoms with Crippen LogP contribution in [-0.4, -0.2) is 42.8 Å². The first-order valence-electron chi connectivity index (χ1n) is 7.52. The van der Waals surface area contributed by atoms with Crippen LogP contribution in [0.2, 0.25) is 0 Å². The van der Waals surface area contributed by atoms with Gasteiger partial charge >= 0.3 is 0 Å². The fraction of sp³-hybridized carbons (Fsp3) is 0.733. The van der Waals surface area contributed by atoms with Gasteiger partial charge in [0.05, 0.1) is 6.61 Å². The molecule has 0 aliphatic carbocycles. The molecule has 0 saturated carbocycles. The van der Waals surface area contributed by atoms with Gasteiger partial charge < -0.3 is 15.0 Å². The van der Waals surface area contributed by atoms with Crippen molar-refractivity contribution in [1.82, 2.24) is 15.3 Å². The molecule has 2 heterocycles. The van der Waals surface area contributed by atoms with Crippen molar-refractivity contribution in [3.63, 3.8) is 0 Å². The molecule has 0 amide bonds. The highest BCUT2D eigenvalue weighted by Crippen LogP contribution is 2.13. The first kappa shape index (κ1) is 15.2. The van der Waals surface area contributed by atoms with Crippen LogP contribution in [0, 0.1) is 12.8 Å². The summed E-state index contributed by atoms with van der Waals surface area (Å²) in [5.74, 6) is 1.49. The molecule has 20 heavy (non-hydrogen) atoms. The molecular formula is C15H26N4O. The monoisotopic (exact) mass is 278 g/mol. The summed E-state index contributed by atoms with van der Waals surface area (Å²) in [7, 11) is 0. The average molecular weight is 278 g/mol. The fourth-order valence-corrected chi connectivity index (χ4v) is 2.25. The van der Waals surface area contributed by atoms with Gasteiger partial charge in [-0.1, -0.05) is 13.8 Å². The molecule has 0 unspecified atom stereocenters. The Hall–Kier alpha value is -1.20. The zero-order chi connectivity index (χ0) is 14.4. The third-order valence-electron chi connectivity index (χ3n) is 3.44. The van der Waals surface area contributed by atoms with E-state index in [0.29, 0.717) is 5.92 Å². The number of hydrogen-bond donors (Lipinski definition) is 1. The smallest absolute Gasteiger partial charge is 0.225 e. The highest BCUT2D eigenvalue weighted by atomic mass is 16.5. The molecule has 5 heteroatoms. The van der Waals surface area contributed by atoms with E-state index in [2.05, 4.69) is 41.0 Å². The number of anilines is 1. The highest BCUT2D eigenvalue weighted by molar-refractivity contribution is 5.33. The Morgan fingerprint density at radius 2 is 2.20 bits per heavy atom.